The number of carbonyl (C=O) groups is 1. The van der Waals surface area contributed by atoms with Crippen LogP contribution in [0.4, 0.5) is 0 Å². The first-order chi connectivity index (χ1) is 8.29. The van der Waals surface area contributed by atoms with Crippen molar-refractivity contribution in [2.75, 3.05) is 18.6 Å². The van der Waals surface area contributed by atoms with Gasteiger partial charge >= 0.3 is 0 Å². The molecule has 0 spiro atoms. The van der Waals surface area contributed by atoms with Crippen molar-refractivity contribution in [3.05, 3.63) is 29.8 Å². The molecule has 1 aromatic rings. The molecule has 0 bridgehead atoms. The number of thioether (sulfide) groups is 2. The standard InChI is InChI=1S/C13H16O2S2/c1-15-11-5-3-10(4-6-11)12(14)9-13-16-7-2-8-17-13/h3-6,13H,2,7-9H2,1H3. The van der Waals surface area contributed by atoms with E-state index < -0.39 is 0 Å². The summed E-state index contributed by atoms with van der Waals surface area (Å²) < 4.78 is 5.52. The molecule has 1 heterocycles. The minimum Gasteiger partial charge on any atom is -0.497 e. The van der Waals surface area contributed by atoms with Crippen LogP contribution in [0.3, 0.4) is 0 Å². The minimum atomic E-state index is 0.236. The summed E-state index contributed by atoms with van der Waals surface area (Å²) in [6.45, 7) is 0. The van der Waals surface area contributed by atoms with Crippen molar-refractivity contribution in [3.8, 4) is 5.75 Å². The number of hydrogen-bond acceptors (Lipinski definition) is 4. The van der Waals surface area contributed by atoms with Gasteiger partial charge in [-0.2, -0.15) is 0 Å². The molecule has 0 amide bonds. The maximum Gasteiger partial charge on any atom is 0.164 e. The van der Waals surface area contributed by atoms with E-state index in [4.69, 9.17) is 4.74 Å². The Bertz CT molecular complexity index is 370. The van der Waals surface area contributed by atoms with E-state index in [1.165, 1.54) is 17.9 Å². The van der Waals surface area contributed by atoms with Crippen molar-refractivity contribution in [3.63, 3.8) is 0 Å². The van der Waals surface area contributed by atoms with Crippen molar-refractivity contribution < 1.29 is 9.53 Å². The van der Waals surface area contributed by atoms with Crippen LogP contribution in [0.2, 0.25) is 0 Å². The van der Waals surface area contributed by atoms with E-state index >= 15 is 0 Å². The van der Waals surface area contributed by atoms with Gasteiger partial charge in [0.25, 0.3) is 0 Å². The van der Waals surface area contributed by atoms with Gasteiger partial charge in [0.2, 0.25) is 0 Å². The summed E-state index contributed by atoms with van der Waals surface area (Å²) in [5, 5.41) is 0. The quantitative estimate of drug-likeness (QED) is 0.781. The van der Waals surface area contributed by atoms with Crippen molar-refractivity contribution >= 4 is 29.3 Å². The number of hydrogen-bond donors (Lipinski definition) is 0. The van der Waals surface area contributed by atoms with Gasteiger partial charge in [0.05, 0.1) is 11.7 Å². The molecule has 2 nitrogen and oxygen atoms in total. The number of ketones is 1. The Morgan fingerprint density at radius 1 is 1.29 bits per heavy atom. The first-order valence-corrected chi connectivity index (χ1v) is 7.80. The molecule has 0 N–H and O–H groups in total. The number of carbonyl (C=O) groups excluding carboxylic acids is 1. The SMILES string of the molecule is COc1ccc(C(=O)CC2SCCCS2)cc1. The lowest BCUT2D eigenvalue weighted by Crippen LogP contribution is -2.12. The van der Waals surface area contributed by atoms with Crippen molar-refractivity contribution in [1.82, 2.24) is 0 Å². The van der Waals surface area contributed by atoms with E-state index in [2.05, 4.69) is 0 Å². The summed E-state index contributed by atoms with van der Waals surface area (Å²) in [5.74, 6) is 3.41. The van der Waals surface area contributed by atoms with Gasteiger partial charge in [0.1, 0.15) is 5.75 Å². The summed E-state index contributed by atoms with van der Waals surface area (Å²) in [7, 11) is 1.63. The Morgan fingerprint density at radius 2 is 1.94 bits per heavy atom. The molecule has 92 valence electrons. The molecule has 1 aliphatic rings. The summed E-state index contributed by atoms with van der Waals surface area (Å²) in [6.07, 6.45) is 1.91. The summed E-state index contributed by atoms with van der Waals surface area (Å²) in [4.78, 5) is 12.0. The Morgan fingerprint density at radius 3 is 2.53 bits per heavy atom. The van der Waals surface area contributed by atoms with E-state index in [9.17, 15) is 4.79 Å². The molecule has 0 aliphatic carbocycles. The van der Waals surface area contributed by atoms with Crippen molar-refractivity contribution in [2.45, 2.75) is 17.4 Å². The smallest absolute Gasteiger partial charge is 0.164 e. The van der Waals surface area contributed by atoms with Crippen LogP contribution in [0.25, 0.3) is 0 Å². The van der Waals surface area contributed by atoms with E-state index in [1.807, 2.05) is 47.8 Å². The molecule has 1 saturated heterocycles. The van der Waals surface area contributed by atoms with E-state index in [0.29, 0.717) is 11.0 Å². The minimum absolute atomic E-state index is 0.236. The van der Waals surface area contributed by atoms with Crippen LogP contribution in [0, 0.1) is 0 Å². The number of methoxy groups -OCH3 is 1. The maximum atomic E-state index is 12.0. The molecular formula is C13H16O2S2. The molecule has 4 heteroatoms. The third-order valence-electron chi connectivity index (χ3n) is 2.66. The average molecular weight is 268 g/mol. The average Bonchev–Trinajstić information content (AvgIpc) is 2.40. The topological polar surface area (TPSA) is 26.3 Å². The van der Waals surface area contributed by atoms with Gasteiger partial charge in [-0.3, -0.25) is 4.79 Å². The molecule has 0 unspecified atom stereocenters. The second kappa shape index (κ2) is 6.36. The highest BCUT2D eigenvalue weighted by molar-refractivity contribution is 8.17. The fourth-order valence-electron chi connectivity index (χ4n) is 1.70. The Labute approximate surface area is 111 Å². The molecule has 0 saturated carbocycles. The van der Waals surface area contributed by atoms with E-state index in [-0.39, 0.29) is 5.78 Å². The molecule has 0 atom stereocenters. The van der Waals surface area contributed by atoms with Crippen LogP contribution in [-0.4, -0.2) is 29.0 Å². The summed E-state index contributed by atoms with van der Waals surface area (Å²) in [5.41, 5.74) is 0.789. The van der Waals surface area contributed by atoms with Gasteiger partial charge in [0, 0.05) is 12.0 Å². The van der Waals surface area contributed by atoms with E-state index in [1.54, 1.807) is 7.11 Å². The Kier molecular flexibility index (Phi) is 4.80. The van der Waals surface area contributed by atoms with Gasteiger partial charge < -0.3 is 4.74 Å². The van der Waals surface area contributed by atoms with Crippen LogP contribution in [0.1, 0.15) is 23.2 Å². The fourth-order valence-corrected chi connectivity index (χ4v) is 4.53. The van der Waals surface area contributed by atoms with Crippen molar-refractivity contribution in [2.24, 2.45) is 0 Å². The molecule has 17 heavy (non-hydrogen) atoms. The van der Waals surface area contributed by atoms with Crippen LogP contribution in [0.15, 0.2) is 24.3 Å². The third kappa shape index (κ3) is 3.68. The monoisotopic (exact) mass is 268 g/mol. The van der Waals surface area contributed by atoms with Crippen LogP contribution in [0.5, 0.6) is 5.75 Å². The fraction of sp³-hybridized carbons (Fsp3) is 0.462. The Balaban J connectivity index is 1.93. The van der Waals surface area contributed by atoms with Gasteiger partial charge in [-0.15, -0.1) is 23.5 Å². The van der Waals surface area contributed by atoms with Gasteiger partial charge in [0.15, 0.2) is 5.78 Å². The zero-order valence-electron chi connectivity index (χ0n) is 9.85. The lowest BCUT2D eigenvalue weighted by atomic mass is 10.1. The lowest BCUT2D eigenvalue weighted by Gasteiger charge is -2.19. The number of benzene rings is 1. The third-order valence-corrected chi connectivity index (χ3v) is 5.60. The second-order valence-electron chi connectivity index (χ2n) is 3.88. The van der Waals surface area contributed by atoms with Crippen molar-refractivity contribution in [1.29, 1.82) is 0 Å². The molecule has 0 radical (unpaired) electrons. The summed E-state index contributed by atoms with van der Waals surface area (Å²) >= 11 is 3.82. The second-order valence-corrected chi connectivity index (χ2v) is 6.80. The molecule has 2 rings (SSSR count). The first-order valence-electron chi connectivity index (χ1n) is 5.70. The molecule has 1 aromatic carbocycles. The normalized spacial score (nSPS) is 16.8. The highest BCUT2D eigenvalue weighted by atomic mass is 32.2. The van der Waals surface area contributed by atoms with Crippen LogP contribution < -0.4 is 4.74 Å². The molecular weight excluding hydrogens is 252 g/mol. The Hall–Kier alpha value is -0.610. The van der Waals surface area contributed by atoms with Crippen LogP contribution in [-0.2, 0) is 0 Å². The van der Waals surface area contributed by atoms with Gasteiger partial charge in [-0.1, -0.05) is 0 Å². The maximum absolute atomic E-state index is 12.0. The first kappa shape index (κ1) is 12.8. The predicted molar refractivity (Wildman–Crippen MR) is 75.3 cm³/mol. The predicted octanol–water partition coefficient (Wildman–Crippen LogP) is 3.46. The van der Waals surface area contributed by atoms with Gasteiger partial charge in [-0.25, -0.2) is 0 Å². The largest absolute Gasteiger partial charge is 0.497 e. The number of rotatable bonds is 4. The molecule has 1 fully saturated rings. The molecule has 0 aromatic heterocycles. The highest BCUT2D eigenvalue weighted by Crippen LogP contribution is 2.33. The van der Waals surface area contributed by atoms with Crippen LogP contribution >= 0.6 is 23.5 Å². The van der Waals surface area contributed by atoms with E-state index in [0.717, 1.165) is 11.3 Å². The number of Topliss-reactive ketones (excluding diaryl/α,β-unsaturated/α-hetero) is 1. The zero-order valence-corrected chi connectivity index (χ0v) is 11.5. The number of ether oxygens (including phenoxy) is 1. The molecule has 1 aliphatic heterocycles. The zero-order chi connectivity index (χ0) is 12.1. The van der Waals surface area contributed by atoms with Gasteiger partial charge in [-0.05, 0) is 42.2 Å². The lowest BCUT2D eigenvalue weighted by molar-refractivity contribution is 0.0987. The highest BCUT2D eigenvalue weighted by Gasteiger charge is 2.18. The summed E-state index contributed by atoms with van der Waals surface area (Å²) in [6, 6.07) is 7.38.